The number of rotatable bonds is 8. The van der Waals surface area contributed by atoms with Crippen LogP contribution in [0.3, 0.4) is 0 Å². The highest BCUT2D eigenvalue weighted by molar-refractivity contribution is 5.95. The number of halogens is 3. The molecule has 2 aromatic carbocycles. The fourth-order valence-corrected chi connectivity index (χ4v) is 2.57. The van der Waals surface area contributed by atoms with E-state index < -0.39 is 60.2 Å². The summed E-state index contributed by atoms with van der Waals surface area (Å²) in [4.78, 5) is 35.6. The molecule has 2 N–H and O–H groups in total. The first-order chi connectivity index (χ1) is 14.6. The van der Waals surface area contributed by atoms with E-state index in [1.165, 1.54) is 6.92 Å². The molecule has 10 heteroatoms. The molecule has 0 unspecified atom stereocenters. The van der Waals surface area contributed by atoms with E-state index in [1.807, 2.05) is 25.2 Å². The minimum Gasteiger partial charge on any atom is -0.482 e. The Balaban J connectivity index is 1.78. The number of carbonyl (C=O) groups is 3. The number of hydrogen-bond acceptors (Lipinski definition) is 5. The van der Waals surface area contributed by atoms with Gasteiger partial charge in [-0.1, -0.05) is 6.07 Å². The van der Waals surface area contributed by atoms with Gasteiger partial charge in [0.1, 0.15) is 5.75 Å². The lowest BCUT2D eigenvalue weighted by atomic mass is 10.1. The van der Waals surface area contributed by atoms with Gasteiger partial charge in [0.15, 0.2) is 30.2 Å². The van der Waals surface area contributed by atoms with Crippen molar-refractivity contribution in [1.82, 2.24) is 5.32 Å². The van der Waals surface area contributed by atoms with Crippen molar-refractivity contribution in [3.05, 3.63) is 58.9 Å². The van der Waals surface area contributed by atoms with Crippen LogP contribution in [0.5, 0.6) is 5.75 Å². The molecule has 7 nitrogen and oxygen atoms in total. The smallest absolute Gasteiger partial charge is 0.344 e. The number of anilines is 1. The average Bonchev–Trinajstić information content (AvgIpc) is 2.70. The van der Waals surface area contributed by atoms with E-state index in [1.54, 1.807) is 12.1 Å². The first-order valence-corrected chi connectivity index (χ1v) is 9.18. The molecule has 0 spiro atoms. The van der Waals surface area contributed by atoms with Crippen LogP contribution in [0, 0.1) is 31.3 Å². The lowest BCUT2D eigenvalue weighted by molar-refractivity contribution is -0.156. The summed E-state index contributed by atoms with van der Waals surface area (Å²) in [6.07, 6.45) is -1.23. The van der Waals surface area contributed by atoms with Crippen LogP contribution in [0.15, 0.2) is 30.3 Å². The Bertz CT molecular complexity index is 977. The minimum absolute atomic E-state index is 0.420. The molecule has 0 radical (unpaired) electrons. The van der Waals surface area contributed by atoms with Crippen LogP contribution in [-0.4, -0.2) is 37.0 Å². The predicted octanol–water partition coefficient (Wildman–Crippen LogP) is 2.79. The standard InChI is InChI=1S/C21H21F3N2O5/c1-11-6-12(2)8-14(7-11)30-10-18(28)31-13(3)21(29)25-9-17(27)26-16-5-4-15(22)19(23)20(16)24/h4-8,13H,9-10H2,1-3H3,(H,25,29)(H,26,27)/t13-/m0/s1. The van der Waals surface area contributed by atoms with Crippen molar-refractivity contribution < 1.29 is 37.0 Å². The first kappa shape index (κ1) is 23.7. The second-order valence-electron chi connectivity index (χ2n) is 6.73. The highest BCUT2D eigenvalue weighted by Crippen LogP contribution is 2.19. The Morgan fingerprint density at radius 2 is 1.65 bits per heavy atom. The van der Waals surface area contributed by atoms with Gasteiger partial charge in [-0.15, -0.1) is 0 Å². The summed E-state index contributed by atoms with van der Waals surface area (Å²) in [6.45, 7) is 4.01. The van der Waals surface area contributed by atoms with Crippen LogP contribution in [0.2, 0.25) is 0 Å². The molecule has 0 saturated heterocycles. The molecular weight excluding hydrogens is 417 g/mol. The third kappa shape index (κ3) is 7.02. The summed E-state index contributed by atoms with van der Waals surface area (Å²) in [6, 6.07) is 6.91. The number of esters is 1. The number of benzene rings is 2. The quantitative estimate of drug-likeness (QED) is 0.488. The summed E-state index contributed by atoms with van der Waals surface area (Å²) in [7, 11) is 0. The molecule has 0 aliphatic carbocycles. The average molecular weight is 438 g/mol. The van der Waals surface area contributed by atoms with E-state index in [9.17, 15) is 27.6 Å². The topological polar surface area (TPSA) is 93.7 Å². The van der Waals surface area contributed by atoms with Crippen LogP contribution in [-0.2, 0) is 19.1 Å². The van der Waals surface area contributed by atoms with Crippen molar-refractivity contribution in [2.24, 2.45) is 0 Å². The van der Waals surface area contributed by atoms with Gasteiger partial charge in [-0.25, -0.2) is 18.0 Å². The van der Waals surface area contributed by atoms with Crippen LogP contribution in [0.4, 0.5) is 18.9 Å². The van der Waals surface area contributed by atoms with Crippen LogP contribution in [0.1, 0.15) is 18.1 Å². The van der Waals surface area contributed by atoms with Gasteiger partial charge in [0.05, 0.1) is 12.2 Å². The van der Waals surface area contributed by atoms with Crippen LogP contribution >= 0.6 is 0 Å². The highest BCUT2D eigenvalue weighted by Gasteiger charge is 2.20. The second-order valence-corrected chi connectivity index (χ2v) is 6.73. The van der Waals surface area contributed by atoms with Crippen molar-refractivity contribution in [3.63, 3.8) is 0 Å². The fraction of sp³-hybridized carbons (Fsp3) is 0.286. The Kier molecular flexibility index (Phi) is 8.00. The molecule has 0 aliphatic heterocycles. The SMILES string of the molecule is Cc1cc(C)cc(OCC(=O)O[C@@H](C)C(=O)NCC(=O)Nc2ccc(F)c(F)c2F)c1. The van der Waals surface area contributed by atoms with E-state index in [0.29, 0.717) is 11.8 Å². The van der Waals surface area contributed by atoms with E-state index in [2.05, 4.69) is 5.32 Å². The predicted molar refractivity (Wildman–Crippen MR) is 105 cm³/mol. The maximum atomic E-state index is 13.5. The maximum Gasteiger partial charge on any atom is 0.344 e. The van der Waals surface area contributed by atoms with Gasteiger partial charge in [0.25, 0.3) is 5.91 Å². The van der Waals surface area contributed by atoms with Gasteiger partial charge in [0.2, 0.25) is 5.91 Å². The van der Waals surface area contributed by atoms with Crippen molar-refractivity contribution in [2.45, 2.75) is 26.9 Å². The minimum atomic E-state index is -1.73. The summed E-state index contributed by atoms with van der Waals surface area (Å²) < 4.78 is 49.9. The normalized spacial score (nSPS) is 11.4. The second kappa shape index (κ2) is 10.5. The van der Waals surface area contributed by atoms with Gasteiger partial charge in [0, 0.05) is 0 Å². The molecule has 166 valence electrons. The van der Waals surface area contributed by atoms with Crippen LogP contribution < -0.4 is 15.4 Å². The Hall–Kier alpha value is -3.56. The summed E-state index contributed by atoms with van der Waals surface area (Å²) in [5.74, 6) is -6.70. The van der Waals surface area contributed by atoms with Gasteiger partial charge < -0.3 is 20.1 Å². The van der Waals surface area contributed by atoms with E-state index in [-0.39, 0.29) is 0 Å². The maximum absolute atomic E-state index is 13.5. The molecule has 1 atom stereocenters. The molecule has 0 aliphatic rings. The zero-order valence-corrected chi connectivity index (χ0v) is 17.1. The highest BCUT2D eigenvalue weighted by atomic mass is 19.2. The van der Waals surface area contributed by atoms with E-state index in [0.717, 1.165) is 17.2 Å². The Morgan fingerprint density at radius 3 is 2.29 bits per heavy atom. The van der Waals surface area contributed by atoms with Crippen molar-refractivity contribution in [1.29, 1.82) is 0 Å². The van der Waals surface area contributed by atoms with E-state index >= 15 is 0 Å². The molecule has 0 heterocycles. The molecule has 31 heavy (non-hydrogen) atoms. The number of aryl methyl sites for hydroxylation is 2. The molecule has 2 rings (SSSR count). The zero-order valence-electron chi connectivity index (χ0n) is 17.1. The van der Waals surface area contributed by atoms with Gasteiger partial charge >= 0.3 is 5.97 Å². The first-order valence-electron chi connectivity index (χ1n) is 9.18. The number of amides is 2. The Labute approximate surface area is 176 Å². The lowest BCUT2D eigenvalue weighted by Crippen LogP contribution is -2.40. The molecule has 2 aromatic rings. The van der Waals surface area contributed by atoms with Crippen molar-refractivity contribution in [2.75, 3.05) is 18.5 Å². The molecule has 0 fully saturated rings. The molecule has 2 amide bonds. The van der Waals surface area contributed by atoms with Gasteiger partial charge in [-0.2, -0.15) is 0 Å². The zero-order chi connectivity index (χ0) is 23.1. The molecule has 0 aromatic heterocycles. The third-order valence-electron chi connectivity index (χ3n) is 3.96. The lowest BCUT2D eigenvalue weighted by Gasteiger charge is -2.14. The molecular formula is C21H21F3N2O5. The number of ether oxygens (including phenoxy) is 2. The number of nitrogens with one attached hydrogen (secondary N) is 2. The summed E-state index contributed by atoms with van der Waals surface area (Å²) in [5, 5.41) is 4.18. The van der Waals surface area contributed by atoms with Gasteiger partial charge in [-0.05, 0) is 56.2 Å². The largest absolute Gasteiger partial charge is 0.482 e. The molecule has 0 saturated carbocycles. The Morgan fingerprint density at radius 1 is 1.00 bits per heavy atom. The fourth-order valence-electron chi connectivity index (χ4n) is 2.57. The number of carbonyl (C=O) groups excluding carboxylic acids is 3. The summed E-state index contributed by atoms with van der Waals surface area (Å²) >= 11 is 0. The number of hydrogen-bond donors (Lipinski definition) is 2. The third-order valence-corrected chi connectivity index (χ3v) is 3.96. The van der Waals surface area contributed by atoms with E-state index in [4.69, 9.17) is 9.47 Å². The molecule has 0 bridgehead atoms. The van der Waals surface area contributed by atoms with Gasteiger partial charge in [-0.3, -0.25) is 9.59 Å². The van der Waals surface area contributed by atoms with Crippen molar-refractivity contribution in [3.8, 4) is 5.75 Å². The monoisotopic (exact) mass is 438 g/mol. The van der Waals surface area contributed by atoms with Crippen molar-refractivity contribution >= 4 is 23.5 Å². The van der Waals surface area contributed by atoms with Crippen LogP contribution in [0.25, 0.3) is 0 Å². The summed E-state index contributed by atoms with van der Waals surface area (Å²) in [5.41, 5.74) is 1.33.